The fourth-order valence-corrected chi connectivity index (χ4v) is 0.778. The highest BCUT2D eigenvalue weighted by Gasteiger charge is 2.27. The van der Waals surface area contributed by atoms with Crippen LogP contribution in [0, 0.1) is 0 Å². The van der Waals surface area contributed by atoms with E-state index in [1.165, 1.54) is 5.32 Å². The Hall–Kier alpha value is -1.80. The number of nitrogens with one attached hydrogen (secondary N) is 2. The number of aliphatic carboxylic acids is 1. The first kappa shape index (κ1) is 15.2. The lowest BCUT2D eigenvalue weighted by atomic mass is 10.3. The van der Waals surface area contributed by atoms with Crippen molar-refractivity contribution in [1.29, 1.82) is 0 Å². The van der Waals surface area contributed by atoms with Crippen LogP contribution in [0.5, 0.6) is 0 Å². The van der Waals surface area contributed by atoms with Gasteiger partial charge in [0.25, 0.3) is 0 Å². The van der Waals surface area contributed by atoms with Gasteiger partial charge < -0.3 is 15.7 Å². The van der Waals surface area contributed by atoms with Gasteiger partial charge >= 0.3 is 12.1 Å². The number of carbonyl (C=O) groups is 3. The zero-order chi connectivity index (χ0) is 13.5. The number of amides is 2. The summed E-state index contributed by atoms with van der Waals surface area (Å²) in [5.74, 6) is -3.03. The van der Waals surface area contributed by atoms with Crippen molar-refractivity contribution < 1.29 is 32.7 Å². The standard InChI is InChI=1S/C8H11F3N2O4/c9-8(10,11)4-13-6(15)3-5(14)12-2-1-7(16)17/h1-4H2,(H,12,14)(H,13,15)(H,16,17). The Morgan fingerprint density at radius 2 is 1.59 bits per heavy atom. The van der Waals surface area contributed by atoms with E-state index in [1.807, 2.05) is 0 Å². The second kappa shape index (κ2) is 6.71. The molecule has 0 atom stereocenters. The summed E-state index contributed by atoms with van der Waals surface area (Å²) < 4.78 is 35.0. The van der Waals surface area contributed by atoms with Crippen LogP contribution in [0.25, 0.3) is 0 Å². The van der Waals surface area contributed by atoms with E-state index in [9.17, 15) is 27.6 Å². The minimum atomic E-state index is -4.53. The molecule has 98 valence electrons. The summed E-state index contributed by atoms with van der Waals surface area (Å²) in [6, 6.07) is 0. The van der Waals surface area contributed by atoms with Crippen LogP contribution in [0.2, 0.25) is 0 Å². The van der Waals surface area contributed by atoms with Gasteiger partial charge in [0, 0.05) is 6.54 Å². The Bertz CT molecular complexity index is 304. The van der Waals surface area contributed by atoms with E-state index in [4.69, 9.17) is 5.11 Å². The maximum absolute atomic E-state index is 11.7. The van der Waals surface area contributed by atoms with Crippen LogP contribution in [-0.2, 0) is 14.4 Å². The third kappa shape index (κ3) is 10.5. The molecule has 0 aromatic carbocycles. The number of alkyl halides is 3. The molecule has 0 aliphatic heterocycles. The van der Waals surface area contributed by atoms with Crippen molar-refractivity contribution in [2.75, 3.05) is 13.1 Å². The number of halogens is 3. The number of carboxylic acid groups (broad SMARTS) is 1. The molecule has 2 amide bonds. The Balaban J connectivity index is 3.74. The lowest BCUT2D eigenvalue weighted by Gasteiger charge is -2.08. The van der Waals surface area contributed by atoms with Crippen molar-refractivity contribution in [3.8, 4) is 0 Å². The molecule has 0 radical (unpaired) electrons. The van der Waals surface area contributed by atoms with Gasteiger partial charge in [-0.15, -0.1) is 0 Å². The van der Waals surface area contributed by atoms with Gasteiger partial charge in [0.05, 0.1) is 6.42 Å². The molecular formula is C8H11F3N2O4. The van der Waals surface area contributed by atoms with Gasteiger partial charge in [-0.1, -0.05) is 0 Å². The molecule has 0 aliphatic carbocycles. The molecule has 0 saturated carbocycles. The smallest absolute Gasteiger partial charge is 0.405 e. The summed E-state index contributed by atoms with van der Waals surface area (Å²) in [5, 5.41) is 11.8. The molecule has 0 rings (SSSR count). The molecule has 0 saturated heterocycles. The number of carboxylic acids is 1. The van der Waals surface area contributed by atoms with Gasteiger partial charge in [-0.3, -0.25) is 14.4 Å². The van der Waals surface area contributed by atoms with Crippen molar-refractivity contribution in [3.05, 3.63) is 0 Å². The van der Waals surface area contributed by atoms with Crippen LogP contribution in [-0.4, -0.2) is 42.2 Å². The zero-order valence-electron chi connectivity index (χ0n) is 8.63. The lowest BCUT2D eigenvalue weighted by Crippen LogP contribution is -2.37. The zero-order valence-corrected chi connectivity index (χ0v) is 8.63. The Labute approximate surface area is 94.2 Å². The molecule has 0 heterocycles. The van der Waals surface area contributed by atoms with E-state index in [0.29, 0.717) is 0 Å². The minimum absolute atomic E-state index is 0.180. The van der Waals surface area contributed by atoms with Crippen molar-refractivity contribution in [3.63, 3.8) is 0 Å². The van der Waals surface area contributed by atoms with E-state index in [1.54, 1.807) is 0 Å². The SMILES string of the molecule is O=C(O)CCNC(=O)CC(=O)NCC(F)(F)F. The number of carbonyl (C=O) groups excluding carboxylic acids is 2. The number of hydrogen-bond donors (Lipinski definition) is 3. The molecule has 0 aliphatic rings. The molecule has 17 heavy (non-hydrogen) atoms. The summed E-state index contributed by atoms with van der Waals surface area (Å²) in [5.41, 5.74) is 0. The van der Waals surface area contributed by atoms with E-state index in [-0.39, 0.29) is 13.0 Å². The van der Waals surface area contributed by atoms with E-state index < -0.39 is 36.9 Å². The van der Waals surface area contributed by atoms with E-state index >= 15 is 0 Å². The molecule has 0 aromatic heterocycles. The summed E-state index contributed by atoms with van der Waals surface area (Å²) in [6.07, 6.45) is -5.62. The van der Waals surface area contributed by atoms with Crippen LogP contribution in [0.15, 0.2) is 0 Å². The van der Waals surface area contributed by atoms with E-state index in [0.717, 1.165) is 0 Å². The quantitative estimate of drug-likeness (QED) is 0.566. The minimum Gasteiger partial charge on any atom is -0.481 e. The van der Waals surface area contributed by atoms with Gasteiger partial charge in [0.1, 0.15) is 13.0 Å². The Morgan fingerprint density at radius 1 is 1.06 bits per heavy atom. The van der Waals surface area contributed by atoms with Crippen molar-refractivity contribution >= 4 is 17.8 Å². The fraction of sp³-hybridized carbons (Fsp3) is 0.625. The third-order valence-electron chi connectivity index (χ3n) is 1.47. The first-order valence-corrected chi connectivity index (χ1v) is 4.52. The fourth-order valence-electron chi connectivity index (χ4n) is 0.778. The van der Waals surface area contributed by atoms with Gasteiger partial charge in [0.2, 0.25) is 11.8 Å². The highest BCUT2D eigenvalue weighted by molar-refractivity contribution is 5.96. The van der Waals surface area contributed by atoms with Crippen molar-refractivity contribution in [2.24, 2.45) is 0 Å². The molecule has 0 unspecified atom stereocenters. The first-order chi connectivity index (χ1) is 7.70. The van der Waals surface area contributed by atoms with Crippen molar-refractivity contribution in [1.82, 2.24) is 10.6 Å². The van der Waals surface area contributed by atoms with Crippen LogP contribution in [0.1, 0.15) is 12.8 Å². The highest BCUT2D eigenvalue weighted by Crippen LogP contribution is 2.12. The molecule has 0 aromatic rings. The topological polar surface area (TPSA) is 95.5 Å². The Morgan fingerprint density at radius 3 is 2.06 bits per heavy atom. The lowest BCUT2D eigenvalue weighted by molar-refractivity contribution is -0.140. The molecule has 3 N–H and O–H groups in total. The van der Waals surface area contributed by atoms with Crippen LogP contribution in [0.3, 0.4) is 0 Å². The van der Waals surface area contributed by atoms with Gasteiger partial charge in [-0.05, 0) is 0 Å². The summed E-state index contributed by atoms with van der Waals surface area (Å²) in [6.45, 7) is -1.69. The highest BCUT2D eigenvalue weighted by atomic mass is 19.4. The van der Waals surface area contributed by atoms with Gasteiger partial charge in [0.15, 0.2) is 0 Å². The normalized spacial score (nSPS) is 10.8. The van der Waals surface area contributed by atoms with E-state index in [2.05, 4.69) is 5.32 Å². The maximum Gasteiger partial charge on any atom is 0.405 e. The average molecular weight is 256 g/mol. The van der Waals surface area contributed by atoms with Crippen LogP contribution >= 0.6 is 0 Å². The maximum atomic E-state index is 11.7. The summed E-state index contributed by atoms with van der Waals surface area (Å²) >= 11 is 0. The second-order valence-electron chi connectivity index (χ2n) is 3.06. The average Bonchev–Trinajstić information content (AvgIpc) is 2.13. The molecular weight excluding hydrogens is 245 g/mol. The predicted molar refractivity (Wildman–Crippen MR) is 48.9 cm³/mol. The first-order valence-electron chi connectivity index (χ1n) is 4.52. The second-order valence-corrected chi connectivity index (χ2v) is 3.06. The van der Waals surface area contributed by atoms with Crippen LogP contribution in [0.4, 0.5) is 13.2 Å². The predicted octanol–water partition coefficient (Wildman–Crippen LogP) is -0.354. The molecule has 0 fully saturated rings. The summed E-state index contributed by atoms with van der Waals surface area (Å²) in [7, 11) is 0. The molecule has 0 spiro atoms. The summed E-state index contributed by atoms with van der Waals surface area (Å²) in [4.78, 5) is 31.8. The van der Waals surface area contributed by atoms with Crippen molar-refractivity contribution in [2.45, 2.75) is 19.0 Å². The molecule has 9 heteroatoms. The third-order valence-corrected chi connectivity index (χ3v) is 1.47. The van der Waals surface area contributed by atoms with Crippen LogP contribution < -0.4 is 10.6 Å². The number of hydrogen-bond acceptors (Lipinski definition) is 3. The monoisotopic (exact) mass is 256 g/mol. The van der Waals surface area contributed by atoms with Gasteiger partial charge in [-0.25, -0.2) is 0 Å². The largest absolute Gasteiger partial charge is 0.481 e. The molecule has 0 bridgehead atoms. The number of rotatable bonds is 6. The molecule has 6 nitrogen and oxygen atoms in total. The van der Waals surface area contributed by atoms with Gasteiger partial charge in [-0.2, -0.15) is 13.2 Å². The Kier molecular flexibility index (Phi) is 6.00.